The van der Waals surface area contributed by atoms with E-state index in [0.717, 1.165) is 51.5 Å². The molecule has 4 rings (SSSR count). The Bertz CT molecular complexity index is 1060. The molecule has 0 N–H and O–H groups in total. The SMILES string of the molecule is CN(C)Cc1cnc2n1-c1ccc(Br)cc1C(c1ccccn1)=N[C@H]2CCC=O. The number of halogens is 1. The fraction of sp³-hybridized carbons (Fsp3) is 0.273. The van der Waals surface area contributed by atoms with Crippen LogP contribution in [-0.2, 0) is 11.3 Å². The maximum atomic E-state index is 11.1. The van der Waals surface area contributed by atoms with Crippen LogP contribution in [0.25, 0.3) is 5.69 Å². The summed E-state index contributed by atoms with van der Waals surface area (Å²) in [7, 11) is 4.08. The van der Waals surface area contributed by atoms with Crippen LogP contribution in [0.2, 0.25) is 0 Å². The number of aromatic nitrogens is 3. The van der Waals surface area contributed by atoms with E-state index in [9.17, 15) is 4.79 Å². The summed E-state index contributed by atoms with van der Waals surface area (Å²) in [6.45, 7) is 0.752. The van der Waals surface area contributed by atoms with Crippen molar-refractivity contribution in [3.63, 3.8) is 0 Å². The van der Waals surface area contributed by atoms with Crippen LogP contribution in [-0.4, -0.2) is 45.5 Å². The van der Waals surface area contributed by atoms with Gasteiger partial charge in [-0.2, -0.15) is 0 Å². The molecule has 0 fully saturated rings. The van der Waals surface area contributed by atoms with Gasteiger partial charge < -0.3 is 9.69 Å². The Morgan fingerprint density at radius 2 is 2.07 bits per heavy atom. The van der Waals surface area contributed by atoms with Crippen molar-refractivity contribution in [2.24, 2.45) is 4.99 Å². The molecule has 0 bridgehead atoms. The number of hydrogen-bond acceptors (Lipinski definition) is 5. The Morgan fingerprint density at radius 3 is 2.79 bits per heavy atom. The first-order valence-electron chi connectivity index (χ1n) is 9.53. The number of aliphatic imine (C=N–C) groups is 1. The van der Waals surface area contributed by atoms with Gasteiger partial charge in [0.2, 0.25) is 0 Å². The van der Waals surface area contributed by atoms with Gasteiger partial charge in [0.25, 0.3) is 0 Å². The van der Waals surface area contributed by atoms with Crippen molar-refractivity contribution >= 4 is 27.9 Å². The van der Waals surface area contributed by atoms with E-state index >= 15 is 0 Å². The van der Waals surface area contributed by atoms with Crippen LogP contribution in [0.3, 0.4) is 0 Å². The van der Waals surface area contributed by atoms with E-state index in [1.54, 1.807) is 6.20 Å². The molecular weight excluding hydrogens is 430 g/mol. The zero-order valence-corrected chi connectivity index (χ0v) is 18.0. The molecule has 6 nitrogen and oxygen atoms in total. The van der Waals surface area contributed by atoms with Crippen molar-refractivity contribution < 1.29 is 4.79 Å². The third-order valence-corrected chi connectivity index (χ3v) is 5.34. The van der Waals surface area contributed by atoms with Crippen LogP contribution in [0.4, 0.5) is 0 Å². The fourth-order valence-corrected chi connectivity index (χ4v) is 4.02. The van der Waals surface area contributed by atoms with Gasteiger partial charge in [-0.05, 0) is 50.8 Å². The average Bonchev–Trinajstić information content (AvgIpc) is 3.05. The Labute approximate surface area is 178 Å². The first kappa shape index (κ1) is 19.7. The van der Waals surface area contributed by atoms with Crippen LogP contribution in [0, 0.1) is 0 Å². The van der Waals surface area contributed by atoms with Crippen molar-refractivity contribution in [1.29, 1.82) is 0 Å². The third-order valence-electron chi connectivity index (χ3n) is 4.84. The van der Waals surface area contributed by atoms with Crippen LogP contribution >= 0.6 is 15.9 Å². The molecule has 0 saturated carbocycles. The lowest BCUT2D eigenvalue weighted by molar-refractivity contribution is -0.108. The first-order valence-corrected chi connectivity index (χ1v) is 10.3. The molecule has 1 aliphatic rings. The maximum Gasteiger partial charge on any atom is 0.138 e. The van der Waals surface area contributed by atoms with Crippen molar-refractivity contribution in [3.8, 4) is 5.69 Å². The molecule has 0 radical (unpaired) electrons. The number of rotatable bonds is 6. The third kappa shape index (κ3) is 3.93. The molecule has 1 aliphatic heterocycles. The lowest BCUT2D eigenvalue weighted by Crippen LogP contribution is -2.16. The summed E-state index contributed by atoms with van der Waals surface area (Å²) < 4.78 is 3.17. The second-order valence-electron chi connectivity index (χ2n) is 7.29. The lowest BCUT2D eigenvalue weighted by Gasteiger charge is -2.17. The molecule has 0 aliphatic carbocycles. The molecule has 1 atom stereocenters. The van der Waals surface area contributed by atoms with Gasteiger partial charge in [-0.3, -0.25) is 14.5 Å². The van der Waals surface area contributed by atoms with Gasteiger partial charge in [-0.25, -0.2) is 4.98 Å². The normalized spacial score (nSPS) is 15.4. The van der Waals surface area contributed by atoms with Gasteiger partial charge >= 0.3 is 0 Å². The number of hydrogen-bond donors (Lipinski definition) is 0. The topological polar surface area (TPSA) is 63.4 Å². The minimum absolute atomic E-state index is 0.223. The van der Waals surface area contributed by atoms with E-state index < -0.39 is 0 Å². The van der Waals surface area contributed by atoms with E-state index in [2.05, 4.69) is 42.5 Å². The number of carbonyl (C=O) groups is 1. The summed E-state index contributed by atoms with van der Waals surface area (Å²) in [5.41, 5.74) is 4.73. The van der Waals surface area contributed by atoms with Crippen LogP contribution in [0.1, 0.15) is 41.7 Å². The molecule has 3 heterocycles. The van der Waals surface area contributed by atoms with Crippen molar-refractivity contribution in [2.75, 3.05) is 14.1 Å². The molecule has 0 amide bonds. The highest BCUT2D eigenvalue weighted by atomic mass is 79.9. The van der Waals surface area contributed by atoms with Crippen LogP contribution in [0.5, 0.6) is 0 Å². The minimum Gasteiger partial charge on any atom is -0.304 e. The van der Waals surface area contributed by atoms with Crippen molar-refractivity contribution in [1.82, 2.24) is 19.4 Å². The van der Waals surface area contributed by atoms with Crippen molar-refractivity contribution in [2.45, 2.75) is 25.4 Å². The van der Waals surface area contributed by atoms with E-state index in [1.165, 1.54) is 0 Å². The zero-order chi connectivity index (χ0) is 20.4. The van der Waals surface area contributed by atoms with Crippen LogP contribution in [0.15, 0.2) is 58.3 Å². The zero-order valence-electron chi connectivity index (χ0n) is 16.4. The predicted molar refractivity (Wildman–Crippen MR) is 117 cm³/mol. The molecular formula is C22H22BrN5O. The van der Waals surface area contributed by atoms with Crippen LogP contribution < -0.4 is 0 Å². The summed E-state index contributed by atoms with van der Waals surface area (Å²) in [5.74, 6) is 0.859. The summed E-state index contributed by atoms with van der Waals surface area (Å²) >= 11 is 3.61. The Kier molecular flexibility index (Phi) is 5.69. The number of aldehydes is 1. The van der Waals surface area contributed by atoms with E-state index in [1.807, 2.05) is 44.6 Å². The molecule has 148 valence electrons. The van der Waals surface area contributed by atoms with Gasteiger partial charge in [0.1, 0.15) is 18.2 Å². The number of carbonyl (C=O) groups excluding carboxylic acids is 1. The molecule has 2 aromatic heterocycles. The molecule has 7 heteroatoms. The molecule has 1 aromatic carbocycles. The number of pyridine rings is 1. The smallest absolute Gasteiger partial charge is 0.138 e. The summed E-state index contributed by atoms with van der Waals surface area (Å²) in [6, 6.07) is 11.8. The van der Waals surface area contributed by atoms with E-state index in [4.69, 9.17) is 9.98 Å². The second-order valence-corrected chi connectivity index (χ2v) is 8.21. The summed E-state index contributed by atoms with van der Waals surface area (Å²) in [5, 5.41) is 0. The van der Waals surface area contributed by atoms with Gasteiger partial charge in [-0.1, -0.05) is 22.0 Å². The Balaban J connectivity index is 1.98. The van der Waals surface area contributed by atoms with Gasteiger partial charge in [0.15, 0.2) is 0 Å². The van der Waals surface area contributed by atoms with Gasteiger partial charge in [-0.15, -0.1) is 0 Å². The summed E-state index contributed by atoms with van der Waals surface area (Å²) in [6.07, 6.45) is 5.67. The van der Waals surface area contributed by atoms with E-state index in [-0.39, 0.29) is 6.04 Å². The standard InChI is InChI=1S/C22H22BrN5O/c1-27(2)14-16-13-25-22-19(7-5-11-29)26-21(18-6-3-4-10-24-18)17-12-15(23)8-9-20(17)28(16)22/h3-4,6,8-13,19H,5,7,14H2,1-2H3/t19-/m0/s1. The molecule has 3 aromatic rings. The fourth-order valence-electron chi connectivity index (χ4n) is 3.65. The Hall–Kier alpha value is -2.64. The molecule has 29 heavy (non-hydrogen) atoms. The number of benzene rings is 1. The number of imidazole rings is 1. The number of nitrogens with zero attached hydrogens (tertiary/aromatic N) is 5. The first-order chi connectivity index (χ1) is 14.1. The number of fused-ring (bicyclic) bond motifs is 3. The van der Waals surface area contributed by atoms with Gasteiger partial charge in [0, 0.05) is 29.2 Å². The maximum absolute atomic E-state index is 11.1. The lowest BCUT2D eigenvalue weighted by atomic mass is 10.0. The highest BCUT2D eigenvalue weighted by Gasteiger charge is 2.28. The summed E-state index contributed by atoms with van der Waals surface area (Å²) in [4.78, 5) is 27.6. The predicted octanol–water partition coefficient (Wildman–Crippen LogP) is 3.96. The highest BCUT2D eigenvalue weighted by Crippen LogP contribution is 2.34. The average molecular weight is 452 g/mol. The largest absolute Gasteiger partial charge is 0.304 e. The Morgan fingerprint density at radius 1 is 1.21 bits per heavy atom. The highest BCUT2D eigenvalue weighted by molar-refractivity contribution is 9.10. The van der Waals surface area contributed by atoms with Gasteiger partial charge in [0.05, 0.1) is 29.0 Å². The molecule has 0 saturated heterocycles. The quantitative estimate of drug-likeness (QED) is 0.532. The molecule has 0 spiro atoms. The van der Waals surface area contributed by atoms with E-state index in [0.29, 0.717) is 12.8 Å². The monoisotopic (exact) mass is 451 g/mol. The van der Waals surface area contributed by atoms with Crippen molar-refractivity contribution in [3.05, 3.63) is 76.0 Å². The second kappa shape index (κ2) is 8.39. The minimum atomic E-state index is -0.223. The molecule has 0 unspecified atom stereocenters.